The monoisotopic (exact) mass is 265 g/mol. The highest BCUT2D eigenvalue weighted by Crippen LogP contribution is 2.19. The topological polar surface area (TPSA) is 98.3 Å². The van der Waals surface area contributed by atoms with Gasteiger partial charge in [-0.2, -0.15) is 0 Å². The number of nitrogens with one attached hydrogen (secondary N) is 1. The van der Waals surface area contributed by atoms with Gasteiger partial charge in [0.05, 0.1) is 11.0 Å². The second-order valence-electron chi connectivity index (χ2n) is 4.51. The number of rotatable bonds is 6. The molecule has 3 N–H and O–H groups in total. The second-order valence-corrected chi connectivity index (χ2v) is 4.51. The first-order chi connectivity index (χ1) is 8.93. The van der Waals surface area contributed by atoms with E-state index in [0.29, 0.717) is 5.56 Å². The molecule has 6 nitrogen and oxygen atoms in total. The minimum atomic E-state index is -0.453. The van der Waals surface area contributed by atoms with Crippen LogP contribution in [0.4, 0.5) is 5.69 Å². The van der Waals surface area contributed by atoms with E-state index in [4.69, 9.17) is 5.73 Å². The molecule has 1 aromatic rings. The summed E-state index contributed by atoms with van der Waals surface area (Å²) < 4.78 is 0. The van der Waals surface area contributed by atoms with E-state index >= 15 is 0 Å². The van der Waals surface area contributed by atoms with Gasteiger partial charge in [0.2, 0.25) is 5.91 Å². The molecule has 0 radical (unpaired) electrons. The standard InChI is InChI=1S/C13H19N3O3/c1-3-11(14)8-13(17)15-9(2)10-5-4-6-12(7-10)16(18)19/h4-7,9,11H,3,8,14H2,1-2H3,(H,15,17). The fourth-order valence-corrected chi connectivity index (χ4v) is 1.67. The summed E-state index contributed by atoms with van der Waals surface area (Å²) in [6.45, 7) is 3.70. The fourth-order valence-electron chi connectivity index (χ4n) is 1.67. The molecule has 6 heteroatoms. The summed E-state index contributed by atoms with van der Waals surface area (Å²) in [5.74, 6) is -0.145. The predicted octanol–water partition coefficient (Wildman–Crippen LogP) is 1.90. The molecule has 0 aliphatic carbocycles. The number of carbonyl (C=O) groups is 1. The van der Waals surface area contributed by atoms with Crippen LogP contribution in [0, 0.1) is 10.1 Å². The third-order valence-corrected chi connectivity index (χ3v) is 2.93. The number of nitro benzene ring substituents is 1. The zero-order valence-electron chi connectivity index (χ0n) is 11.1. The number of carbonyl (C=O) groups excluding carboxylic acids is 1. The number of amides is 1. The van der Waals surface area contributed by atoms with E-state index in [1.807, 2.05) is 6.92 Å². The fraction of sp³-hybridized carbons (Fsp3) is 0.462. The van der Waals surface area contributed by atoms with Gasteiger partial charge in [-0.05, 0) is 18.9 Å². The third kappa shape index (κ3) is 4.67. The molecule has 0 heterocycles. The molecule has 2 atom stereocenters. The smallest absolute Gasteiger partial charge is 0.269 e. The van der Waals surface area contributed by atoms with E-state index in [0.717, 1.165) is 6.42 Å². The zero-order chi connectivity index (χ0) is 14.4. The van der Waals surface area contributed by atoms with Gasteiger partial charge in [0.25, 0.3) is 5.69 Å². The van der Waals surface area contributed by atoms with Crippen LogP contribution >= 0.6 is 0 Å². The molecule has 1 amide bonds. The van der Waals surface area contributed by atoms with E-state index in [1.54, 1.807) is 19.1 Å². The van der Waals surface area contributed by atoms with Crippen LogP contribution in [0.5, 0.6) is 0 Å². The highest BCUT2D eigenvalue weighted by atomic mass is 16.6. The van der Waals surface area contributed by atoms with Crippen LogP contribution in [-0.4, -0.2) is 16.9 Å². The Morgan fingerprint density at radius 1 is 1.53 bits per heavy atom. The molecule has 1 rings (SSSR count). The maximum atomic E-state index is 11.7. The van der Waals surface area contributed by atoms with E-state index in [2.05, 4.69) is 5.32 Å². The summed E-state index contributed by atoms with van der Waals surface area (Å²) in [6.07, 6.45) is 0.994. The molecular weight excluding hydrogens is 246 g/mol. The van der Waals surface area contributed by atoms with Crippen molar-refractivity contribution in [1.29, 1.82) is 0 Å². The molecule has 0 aliphatic rings. The maximum Gasteiger partial charge on any atom is 0.269 e. The van der Waals surface area contributed by atoms with Crippen LogP contribution < -0.4 is 11.1 Å². The normalized spacial score (nSPS) is 13.6. The lowest BCUT2D eigenvalue weighted by atomic mass is 10.1. The Morgan fingerprint density at radius 2 is 2.21 bits per heavy atom. The summed E-state index contributed by atoms with van der Waals surface area (Å²) in [6, 6.07) is 5.80. The molecule has 1 aromatic carbocycles. The van der Waals surface area contributed by atoms with Crippen molar-refractivity contribution in [3.05, 3.63) is 39.9 Å². The van der Waals surface area contributed by atoms with Crippen LogP contribution in [0.15, 0.2) is 24.3 Å². The molecule has 0 aromatic heterocycles. The van der Waals surface area contributed by atoms with Crippen LogP contribution in [0.2, 0.25) is 0 Å². The van der Waals surface area contributed by atoms with Gasteiger partial charge < -0.3 is 11.1 Å². The Bertz CT molecular complexity index is 462. The molecule has 19 heavy (non-hydrogen) atoms. The number of non-ortho nitro benzene ring substituents is 1. The molecule has 0 fully saturated rings. The minimum absolute atomic E-state index is 0.0175. The first kappa shape index (κ1) is 15.1. The zero-order valence-corrected chi connectivity index (χ0v) is 11.1. The van der Waals surface area contributed by atoms with Crippen molar-refractivity contribution in [2.45, 2.75) is 38.8 Å². The van der Waals surface area contributed by atoms with Gasteiger partial charge in [-0.1, -0.05) is 19.1 Å². The van der Waals surface area contributed by atoms with Gasteiger partial charge in [-0.15, -0.1) is 0 Å². The average molecular weight is 265 g/mol. The van der Waals surface area contributed by atoms with E-state index in [-0.39, 0.29) is 30.1 Å². The van der Waals surface area contributed by atoms with E-state index < -0.39 is 4.92 Å². The molecule has 0 aliphatic heterocycles. The largest absolute Gasteiger partial charge is 0.350 e. The van der Waals surface area contributed by atoms with Crippen LogP contribution in [-0.2, 0) is 4.79 Å². The molecule has 0 saturated carbocycles. The van der Waals surface area contributed by atoms with Gasteiger partial charge in [0.1, 0.15) is 0 Å². The number of hydrogen-bond acceptors (Lipinski definition) is 4. The highest BCUT2D eigenvalue weighted by Gasteiger charge is 2.14. The van der Waals surface area contributed by atoms with Crippen LogP contribution in [0.25, 0.3) is 0 Å². The summed E-state index contributed by atoms with van der Waals surface area (Å²) in [7, 11) is 0. The van der Waals surface area contributed by atoms with E-state index in [9.17, 15) is 14.9 Å². The molecule has 0 bridgehead atoms. The summed E-state index contributed by atoms with van der Waals surface area (Å²) in [4.78, 5) is 21.9. The summed E-state index contributed by atoms with van der Waals surface area (Å²) >= 11 is 0. The van der Waals surface area contributed by atoms with Gasteiger partial charge in [-0.3, -0.25) is 14.9 Å². The van der Waals surface area contributed by atoms with Gasteiger partial charge in [0.15, 0.2) is 0 Å². The van der Waals surface area contributed by atoms with Gasteiger partial charge in [0, 0.05) is 24.6 Å². The lowest BCUT2D eigenvalue weighted by molar-refractivity contribution is -0.384. The summed E-state index contributed by atoms with van der Waals surface area (Å²) in [5, 5.41) is 13.5. The van der Waals surface area contributed by atoms with Crippen molar-refractivity contribution in [3.8, 4) is 0 Å². The number of nitrogens with zero attached hydrogens (tertiary/aromatic N) is 1. The maximum absolute atomic E-state index is 11.7. The van der Waals surface area contributed by atoms with Crippen LogP contribution in [0.3, 0.4) is 0 Å². The Balaban J connectivity index is 2.67. The first-order valence-corrected chi connectivity index (χ1v) is 6.23. The van der Waals surface area contributed by atoms with Crippen LogP contribution in [0.1, 0.15) is 38.3 Å². The highest BCUT2D eigenvalue weighted by molar-refractivity contribution is 5.77. The lowest BCUT2D eigenvalue weighted by Gasteiger charge is -2.15. The molecule has 104 valence electrons. The van der Waals surface area contributed by atoms with E-state index in [1.165, 1.54) is 12.1 Å². The quantitative estimate of drug-likeness (QED) is 0.606. The van der Waals surface area contributed by atoms with Crippen molar-refractivity contribution in [1.82, 2.24) is 5.32 Å². The second kappa shape index (κ2) is 6.84. The Morgan fingerprint density at radius 3 is 2.79 bits per heavy atom. The number of hydrogen-bond donors (Lipinski definition) is 2. The average Bonchev–Trinajstić information content (AvgIpc) is 2.38. The number of nitro groups is 1. The number of benzene rings is 1. The molecule has 0 spiro atoms. The number of nitrogens with two attached hydrogens (primary N) is 1. The van der Waals surface area contributed by atoms with Crippen molar-refractivity contribution in [2.75, 3.05) is 0 Å². The molecule has 0 saturated heterocycles. The molecular formula is C13H19N3O3. The van der Waals surface area contributed by atoms with Gasteiger partial charge in [-0.25, -0.2) is 0 Å². The van der Waals surface area contributed by atoms with Crippen molar-refractivity contribution in [2.24, 2.45) is 5.73 Å². The van der Waals surface area contributed by atoms with Crippen molar-refractivity contribution >= 4 is 11.6 Å². The van der Waals surface area contributed by atoms with Gasteiger partial charge >= 0.3 is 0 Å². The SMILES string of the molecule is CCC(N)CC(=O)NC(C)c1cccc([N+](=O)[O-])c1. The Hall–Kier alpha value is -1.95. The molecule has 2 unspecified atom stereocenters. The Kier molecular flexibility index (Phi) is 5.44. The minimum Gasteiger partial charge on any atom is -0.350 e. The lowest BCUT2D eigenvalue weighted by Crippen LogP contribution is -2.32. The third-order valence-electron chi connectivity index (χ3n) is 2.93. The first-order valence-electron chi connectivity index (χ1n) is 6.23. The summed E-state index contributed by atoms with van der Waals surface area (Å²) in [5.41, 5.74) is 6.42. The van der Waals surface area contributed by atoms with Crippen molar-refractivity contribution in [3.63, 3.8) is 0 Å². The van der Waals surface area contributed by atoms with Crippen molar-refractivity contribution < 1.29 is 9.72 Å². The predicted molar refractivity (Wildman–Crippen MR) is 72.5 cm³/mol. The Labute approximate surface area is 112 Å².